The number of halogens is 5. The van der Waals surface area contributed by atoms with Crippen LogP contribution in [0.25, 0.3) is 6.08 Å². The zero-order chi connectivity index (χ0) is 19.2. The number of hydrogen-bond donors (Lipinski definition) is 2. The number of allylic oxidation sites excluding steroid dienone is 1. The average Bonchev–Trinajstić information content (AvgIpc) is 2.59. The summed E-state index contributed by atoms with van der Waals surface area (Å²) >= 11 is 11.8. The molecule has 0 aliphatic carbocycles. The molecule has 2 aromatic carbocycles. The number of anilines is 1. The number of hydrogen-bond acceptors (Lipinski definition) is 1. The van der Waals surface area contributed by atoms with Gasteiger partial charge in [-0.3, -0.25) is 5.41 Å². The van der Waals surface area contributed by atoms with E-state index in [0.717, 1.165) is 12.4 Å². The van der Waals surface area contributed by atoms with E-state index in [-0.39, 0.29) is 15.6 Å². The third kappa shape index (κ3) is 5.34. The Hall–Kier alpha value is -2.31. The van der Waals surface area contributed by atoms with Gasteiger partial charge < -0.3 is 5.32 Å². The van der Waals surface area contributed by atoms with E-state index in [1.165, 1.54) is 30.6 Å². The molecule has 0 saturated heterocycles. The molecule has 3 nitrogen and oxygen atoms in total. The van der Waals surface area contributed by atoms with E-state index in [4.69, 9.17) is 28.6 Å². The fraction of sp³-hybridized carbons (Fsp3) is 0.111. The Morgan fingerprint density at radius 2 is 1.77 bits per heavy atom. The van der Waals surface area contributed by atoms with Crippen molar-refractivity contribution in [2.24, 2.45) is 4.99 Å². The average molecular weight is 400 g/mol. The summed E-state index contributed by atoms with van der Waals surface area (Å²) in [5.41, 5.74) is 1.19. The molecule has 0 saturated carbocycles. The molecule has 2 rings (SSSR count). The van der Waals surface area contributed by atoms with Crippen molar-refractivity contribution in [1.82, 2.24) is 0 Å². The second kappa shape index (κ2) is 8.87. The van der Waals surface area contributed by atoms with Gasteiger partial charge in [-0.2, -0.15) is 13.2 Å². The predicted octanol–water partition coefficient (Wildman–Crippen LogP) is 6.40. The molecule has 0 bridgehead atoms. The van der Waals surface area contributed by atoms with Gasteiger partial charge >= 0.3 is 6.18 Å². The fourth-order valence-electron chi connectivity index (χ4n) is 2.20. The molecule has 0 fully saturated rings. The zero-order valence-corrected chi connectivity index (χ0v) is 14.8. The highest BCUT2D eigenvalue weighted by Crippen LogP contribution is 2.41. The summed E-state index contributed by atoms with van der Waals surface area (Å²) in [5.74, 6) is -1.87. The lowest BCUT2D eigenvalue weighted by Gasteiger charge is -2.19. The number of rotatable bonds is 6. The van der Waals surface area contributed by atoms with Gasteiger partial charge in [-0.05, 0) is 29.3 Å². The highest BCUT2D eigenvalue weighted by Gasteiger charge is 2.40. The monoisotopic (exact) mass is 399 g/mol. The summed E-state index contributed by atoms with van der Waals surface area (Å²) in [7, 11) is 0. The summed E-state index contributed by atoms with van der Waals surface area (Å²) in [6.45, 7) is 0. The molecule has 1 atom stereocenters. The van der Waals surface area contributed by atoms with Gasteiger partial charge in [0.2, 0.25) is 0 Å². The second-order valence-electron chi connectivity index (χ2n) is 5.20. The number of alkyl halides is 3. The molecule has 2 aromatic rings. The fourth-order valence-corrected chi connectivity index (χ4v) is 2.62. The van der Waals surface area contributed by atoms with Crippen LogP contribution in [0, 0.1) is 5.41 Å². The first-order valence-electron chi connectivity index (χ1n) is 7.39. The van der Waals surface area contributed by atoms with Gasteiger partial charge in [0.15, 0.2) is 0 Å². The van der Waals surface area contributed by atoms with E-state index >= 15 is 0 Å². The summed E-state index contributed by atoms with van der Waals surface area (Å²) in [6.07, 6.45) is 0.137. The van der Waals surface area contributed by atoms with Gasteiger partial charge in [-0.1, -0.05) is 59.6 Å². The molecule has 0 aliphatic heterocycles. The van der Waals surface area contributed by atoms with Gasteiger partial charge in [-0.25, -0.2) is 4.99 Å². The van der Waals surface area contributed by atoms with Crippen molar-refractivity contribution in [3.8, 4) is 0 Å². The molecule has 0 amide bonds. The quantitative estimate of drug-likeness (QED) is 0.428. The highest BCUT2D eigenvalue weighted by atomic mass is 35.5. The smallest absolute Gasteiger partial charge is 0.346 e. The van der Waals surface area contributed by atoms with Crippen molar-refractivity contribution in [1.29, 1.82) is 5.41 Å². The van der Waals surface area contributed by atoms with Gasteiger partial charge in [0.25, 0.3) is 0 Å². The van der Waals surface area contributed by atoms with Crippen LogP contribution >= 0.6 is 23.2 Å². The minimum atomic E-state index is -4.50. The first-order valence-corrected chi connectivity index (χ1v) is 8.14. The SMILES string of the molecule is N=C/N=C\Nc1ccc(/C=C/C(c2cccc(Cl)c2Cl)C(F)(F)F)cc1. The van der Waals surface area contributed by atoms with Crippen LogP contribution in [0.5, 0.6) is 0 Å². The molecule has 8 heteroatoms. The minimum absolute atomic E-state index is 0.0776. The Balaban J connectivity index is 2.25. The zero-order valence-electron chi connectivity index (χ0n) is 13.3. The molecule has 1 unspecified atom stereocenters. The van der Waals surface area contributed by atoms with Gasteiger partial charge in [-0.15, -0.1) is 0 Å². The van der Waals surface area contributed by atoms with Gasteiger partial charge in [0.1, 0.15) is 6.34 Å². The Labute approximate surface area is 158 Å². The van der Waals surface area contributed by atoms with E-state index in [9.17, 15) is 13.2 Å². The standard InChI is InChI=1S/C18H14Cl2F3N3/c19-16-3-1-2-14(17(16)20)15(18(21,22)23)9-6-12-4-7-13(8-5-12)26-11-25-10-24/h1-11,15H,(H2,24,25,26)/b9-6+. The molecule has 26 heavy (non-hydrogen) atoms. The van der Waals surface area contributed by atoms with Crippen molar-refractivity contribution in [2.75, 3.05) is 5.32 Å². The van der Waals surface area contributed by atoms with E-state index in [1.807, 2.05) is 0 Å². The van der Waals surface area contributed by atoms with Crippen molar-refractivity contribution in [3.05, 3.63) is 69.7 Å². The maximum absolute atomic E-state index is 13.5. The Kier molecular flexibility index (Phi) is 6.83. The van der Waals surface area contributed by atoms with Crippen molar-refractivity contribution in [3.63, 3.8) is 0 Å². The van der Waals surface area contributed by atoms with Crippen molar-refractivity contribution < 1.29 is 13.2 Å². The molecule has 136 valence electrons. The molecule has 0 aromatic heterocycles. The van der Waals surface area contributed by atoms with E-state index in [0.29, 0.717) is 11.3 Å². The van der Waals surface area contributed by atoms with Crippen LogP contribution in [-0.4, -0.2) is 18.9 Å². The maximum atomic E-state index is 13.5. The highest BCUT2D eigenvalue weighted by molar-refractivity contribution is 6.42. The molecule has 0 spiro atoms. The molecule has 0 heterocycles. The molecule has 2 N–H and O–H groups in total. The van der Waals surface area contributed by atoms with E-state index < -0.39 is 12.1 Å². The van der Waals surface area contributed by atoms with Crippen LogP contribution in [0.3, 0.4) is 0 Å². The van der Waals surface area contributed by atoms with E-state index in [2.05, 4.69) is 10.3 Å². The lowest BCUT2D eigenvalue weighted by molar-refractivity contribution is -0.139. The van der Waals surface area contributed by atoms with Crippen LogP contribution in [0.15, 0.2) is 53.5 Å². The molecular formula is C18H14Cl2F3N3. The third-order valence-electron chi connectivity index (χ3n) is 3.44. The Morgan fingerprint density at radius 1 is 1.08 bits per heavy atom. The Morgan fingerprint density at radius 3 is 2.38 bits per heavy atom. The van der Waals surface area contributed by atoms with Crippen LogP contribution in [-0.2, 0) is 0 Å². The minimum Gasteiger partial charge on any atom is -0.346 e. The van der Waals surface area contributed by atoms with Crippen LogP contribution in [0.4, 0.5) is 18.9 Å². The summed E-state index contributed by atoms with van der Waals surface area (Å²) in [4.78, 5) is 3.57. The largest absolute Gasteiger partial charge is 0.399 e. The van der Waals surface area contributed by atoms with Crippen LogP contribution in [0.1, 0.15) is 17.0 Å². The third-order valence-corrected chi connectivity index (χ3v) is 4.27. The Bertz CT molecular complexity index is 815. The molecular weight excluding hydrogens is 386 g/mol. The number of aliphatic imine (C=N–C) groups is 1. The van der Waals surface area contributed by atoms with Gasteiger partial charge in [0, 0.05) is 5.69 Å². The molecule has 0 aliphatic rings. The van der Waals surface area contributed by atoms with Crippen molar-refractivity contribution in [2.45, 2.75) is 12.1 Å². The normalized spacial score (nSPS) is 13.3. The topological polar surface area (TPSA) is 48.2 Å². The van der Waals surface area contributed by atoms with Crippen LogP contribution in [0.2, 0.25) is 10.0 Å². The molecule has 0 radical (unpaired) electrons. The number of nitrogens with one attached hydrogen (secondary N) is 2. The predicted molar refractivity (Wildman–Crippen MR) is 102 cm³/mol. The summed E-state index contributed by atoms with van der Waals surface area (Å²) in [5, 5.41) is 9.56. The first kappa shape index (κ1) is 20.0. The summed E-state index contributed by atoms with van der Waals surface area (Å²) in [6, 6.07) is 10.9. The lowest BCUT2D eigenvalue weighted by atomic mass is 9.97. The van der Waals surface area contributed by atoms with Crippen molar-refractivity contribution >= 4 is 47.6 Å². The second-order valence-corrected chi connectivity index (χ2v) is 5.98. The number of nitrogens with zero attached hydrogens (tertiary/aromatic N) is 1. The van der Waals surface area contributed by atoms with E-state index in [1.54, 1.807) is 24.3 Å². The summed E-state index contributed by atoms with van der Waals surface area (Å²) < 4.78 is 40.4. The van der Waals surface area contributed by atoms with Gasteiger partial charge in [0.05, 0.1) is 22.3 Å². The maximum Gasteiger partial charge on any atom is 0.399 e. The number of benzene rings is 2. The first-order chi connectivity index (χ1) is 12.3. The van der Waals surface area contributed by atoms with Crippen LogP contribution < -0.4 is 5.32 Å². The lowest BCUT2D eigenvalue weighted by Crippen LogP contribution is -2.19.